The minimum Gasteiger partial charge on any atom is -0.492 e. The van der Waals surface area contributed by atoms with Crippen LogP contribution < -0.4 is 25.0 Å². The van der Waals surface area contributed by atoms with Crippen molar-refractivity contribution in [2.75, 3.05) is 48.7 Å². The molecular formula is C38H61FN2O17S. The number of aliphatic hydroxyl groups excluding tert-OH is 4. The zero-order chi connectivity index (χ0) is 43.3. The van der Waals surface area contributed by atoms with Crippen LogP contribution in [-0.2, 0) is 42.7 Å². The summed E-state index contributed by atoms with van der Waals surface area (Å²) in [5.41, 5.74) is 2.50. The first-order valence-corrected chi connectivity index (χ1v) is 20.5. The summed E-state index contributed by atoms with van der Waals surface area (Å²) in [6.45, 7) is 9.35. The Labute approximate surface area is 347 Å². The molecule has 338 valence electrons. The molecule has 0 radical (unpaired) electrons. The molecule has 59 heavy (non-hydrogen) atoms. The van der Waals surface area contributed by atoms with E-state index in [2.05, 4.69) is 10.8 Å². The fourth-order valence-electron chi connectivity index (χ4n) is 7.83. The molecule has 21 heteroatoms. The van der Waals surface area contributed by atoms with E-state index in [9.17, 15) is 25.2 Å². The number of halogens is 1. The molecule has 0 bridgehead atoms. The van der Waals surface area contributed by atoms with Crippen molar-refractivity contribution >= 4 is 16.9 Å². The second-order valence-corrected chi connectivity index (χ2v) is 16.0. The second kappa shape index (κ2) is 21.4. The zero-order valence-corrected chi connectivity index (χ0v) is 35.8. The predicted molar refractivity (Wildman–Crippen MR) is 206 cm³/mol. The average Bonchev–Trinajstić information content (AvgIpc) is 3.21. The van der Waals surface area contributed by atoms with E-state index in [0.717, 1.165) is 18.3 Å². The van der Waals surface area contributed by atoms with Gasteiger partial charge in [-0.2, -0.15) is 5.48 Å². The van der Waals surface area contributed by atoms with Gasteiger partial charge in [0, 0.05) is 39.7 Å². The summed E-state index contributed by atoms with van der Waals surface area (Å²) < 4.78 is 79.2. The normalized spacial score (nSPS) is 39.1. The molecule has 4 saturated heterocycles. The van der Waals surface area contributed by atoms with Crippen LogP contribution in [0.4, 0.5) is 4.39 Å². The van der Waals surface area contributed by atoms with Gasteiger partial charge in [-0.3, -0.25) is 9.63 Å². The number of thioether (sulfide) groups is 1. The standard InChI is InChI=1S/C38H61FN2O17S/c1-11-40-19-14-52-22(13-21(19)47-6)56-33-28(44)26(16(3)54-38(33)51-10)41-58-23-12-20(42)35(18(5)53-23)59-36(46)24-15(2)25(39)31(34(50-9)30(24)48-7)57-37-29(45)32(49-8)27(43)17(4)55-37/h16-23,26-29,32-33,35,37-38,40-45H,11-14H2,1-10H3. The number of nitrogens with one attached hydrogen (secondary N) is 2. The molecule has 0 aromatic heterocycles. The molecule has 0 saturated carbocycles. The number of benzene rings is 1. The van der Waals surface area contributed by atoms with E-state index in [4.69, 9.17) is 56.9 Å². The van der Waals surface area contributed by atoms with E-state index in [-0.39, 0.29) is 41.2 Å². The van der Waals surface area contributed by atoms with Gasteiger partial charge >= 0.3 is 0 Å². The summed E-state index contributed by atoms with van der Waals surface area (Å²) in [6.07, 6.45) is -13.3. The van der Waals surface area contributed by atoms with Crippen molar-refractivity contribution < 1.29 is 86.6 Å². The van der Waals surface area contributed by atoms with Crippen molar-refractivity contribution in [3.8, 4) is 17.2 Å². The molecule has 4 heterocycles. The molecule has 0 amide bonds. The Morgan fingerprint density at radius 3 is 2.12 bits per heavy atom. The molecule has 4 fully saturated rings. The lowest BCUT2D eigenvalue weighted by atomic mass is 9.97. The Kier molecular flexibility index (Phi) is 17.4. The van der Waals surface area contributed by atoms with Crippen LogP contribution in [-0.4, -0.2) is 178 Å². The molecule has 19 nitrogen and oxygen atoms in total. The maximum Gasteiger partial charge on any atom is 0.229 e. The summed E-state index contributed by atoms with van der Waals surface area (Å²) >= 11 is 0.723. The van der Waals surface area contributed by atoms with Crippen LogP contribution in [0.1, 0.15) is 56.5 Å². The van der Waals surface area contributed by atoms with Crippen molar-refractivity contribution in [3.05, 3.63) is 16.9 Å². The highest BCUT2D eigenvalue weighted by Crippen LogP contribution is 2.47. The first-order valence-electron chi connectivity index (χ1n) is 19.6. The number of carbonyl (C=O) groups excluding carboxylic acids is 1. The lowest BCUT2D eigenvalue weighted by molar-refractivity contribution is -0.330. The first-order chi connectivity index (χ1) is 28.1. The van der Waals surface area contributed by atoms with Gasteiger partial charge in [-0.15, -0.1) is 0 Å². The molecule has 5 rings (SSSR count). The fourth-order valence-corrected chi connectivity index (χ4v) is 8.97. The van der Waals surface area contributed by atoms with Crippen molar-refractivity contribution in [3.63, 3.8) is 0 Å². The summed E-state index contributed by atoms with van der Waals surface area (Å²) in [5.74, 6) is -1.92. The van der Waals surface area contributed by atoms with E-state index in [0.29, 0.717) is 13.0 Å². The van der Waals surface area contributed by atoms with Crippen LogP contribution in [0.5, 0.6) is 17.2 Å². The van der Waals surface area contributed by atoms with E-state index < -0.39 is 108 Å². The molecule has 17 unspecified atom stereocenters. The number of rotatable bonds is 16. The number of likely N-dealkylation sites (N-methyl/N-ethyl adjacent to an activating group) is 1. The molecule has 4 aliphatic heterocycles. The SMILES string of the molecule is CCNC1COC(OC2C(OC)OC(C)C(NOC3CC(O)C(SC(=O)c4c(C)c(F)c(OC5OC(C)C(O)C(OC)C5O)c(OC)c4OC)C(C)O3)C2O)CC1OC. The molecule has 0 spiro atoms. The number of ether oxygens (including phenoxy) is 11. The van der Waals surface area contributed by atoms with Crippen molar-refractivity contribution in [1.82, 2.24) is 10.8 Å². The van der Waals surface area contributed by atoms with E-state index in [1.54, 1.807) is 21.0 Å². The number of methoxy groups -OCH3 is 5. The maximum atomic E-state index is 16.2. The van der Waals surface area contributed by atoms with Gasteiger partial charge < -0.3 is 77.8 Å². The highest BCUT2D eigenvalue weighted by atomic mass is 32.2. The van der Waals surface area contributed by atoms with Crippen LogP contribution >= 0.6 is 11.8 Å². The molecule has 4 aliphatic rings. The first kappa shape index (κ1) is 48.0. The summed E-state index contributed by atoms with van der Waals surface area (Å²) in [4.78, 5) is 19.8. The summed E-state index contributed by atoms with van der Waals surface area (Å²) in [5, 5.41) is 45.8. The average molecular weight is 869 g/mol. The Bertz CT molecular complexity index is 1520. The zero-order valence-electron chi connectivity index (χ0n) is 35.0. The monoisotopic (exact) mass is 868 g/mol. The third kappa shape index (κ3) is 10.4. The van der Waals surface area contributed by atoms with Gasteiger partial charge in [0.1, 0.15) is 30.5 Å². The topological polar surface area (TPSA) is 233 Å². The highest BCUT2D eigenvalue weighted by Gasteiger charge is 2.49. The van der Waals surface area contributed by atoms with E-state index >= 15 is 4.39 Å². The summed E-state index contributed by atoms with van der Waals surface area (Å²) in [6, 6.07) is -0.845. The molecule has 1 aromatic rings. The Hall–Kier alpha value is -2.03. The Balaban J connectivity index is 1.23. The molecule has 1 aromatic carbocycles. The second-order valence-electron chi connectivity index (χ2n) is 14.9. The van der Waals surface area contributed by atoms with Crippen molar-refractivity contribution in [2.24, 2.45) is 0 Å². The summed E-state index contributed by atoms with van der Waals surface area (Å²) in [7, 11) is 6.86. The largest absolute Gasteiger partial charge is 0.492 e. The lowest BCUT2D eigenvalue weighted by Gasteiger charge is -2.45. The number of hydrogen-bond acceptors (Lipinski definition) is 20. The van der Waals surface area contributed by atoms with Gasteiger partial charge in [0.05, 0.1) is 74.2 Å². The Morgan fingerprint density at radius 2 is 1.51 bits per heavy atom. The van der Waals surface area contributed by atoms with Crippen molar-refractivity contribution in [2.45, 2.75) is 151 Å². The molecule has 6 N–H and O–H groups in total. The van der Waals surface area contributed by atoms with Crippen LogP contribution in [0.2, 0.25) is 0 Å². The lowest BCUT2D eigenvalue weighted by Crippen LogP contribution is -2.64. The molecular weight excluding hydrogens is 807 g/mol. The maximum absolute atomic E-state index is 16.2. The van der Waals surface area contributed by atoms with Crippen LogP contribution in [0, 0.1) is 12.7 Å². The third-order valence-electron chi connectivity index (χ3n) is 11.1. The van der Waals surface area contributed by atoms with Gasteiger partial charge in [0.15, 0.2) is 30.4 Å². The van der Waals surface area contributed by atoms with Crippen LogP contribution in [0.25, 0.3) is 0 Å². The quantitative estimate of drug-likeness (QED) is 0.124. The number of hydrogen-bond donors (Lipinski definition) is 6. The van der Waals surface area contributed by atoms with Gasteiger partial charge in [-0.05, 0) is 34.2 Å². The molecule has 0 aliphatic carbocycles. The highest BCUT2D eigenvalue weighted by molar-refractivity contribution is 8.14. The third-order valence-corrected chi connectivity index (χ3v) is 12.5. The minimum absolute atomic E-state index is 0.0152. The number of carbonyl (C=O) groups is 1. The van der Waals surface area contributed by atoms with Gasteiger partial charge in [0.2, 0.25) is 22.9 Å². The van der Waals surface area contributed by atoms with Crippen LogP contribution in [0.3, 0.4) is 0 Å². The smallest absolute Gasteiger partial charge is 0.229 e. The van der Waals surface area contributed by atoms with E-state index in [1.165, 1.54) is 42.3 Å². The van der Waals surface area contributed by atoms with Crippen molar-refractivity contribution in [1.29, 1.82) is 0 Å². The number of hydroxylamine groups is 1. The predicted octanol–water partition coefficient (Wildman–Crippen LogP) is 0.516. The molecule has 17 atom stereocenters. The van der Waals surface area contributed by atoms with Crippen LogP contribution in [0.15, 0.2) is 0 Å². The van der Waals surface area contributed by atoms with Gasteiger partial charge in [0.25, 0.3) is 0 Å². The number of aliphatic hydroxyl groups is 4. The van der Waals surface area contributed by atoms with Gasteiger partial charge in [-0.1, -0.05) is 18.7 Å². The fraction of sp³-hybridized carbons (Fsp3) is 0.816. The van der Waals surface area contributed by atoms with E-state index in [1.807, 2.05) is 6.92 Å². The Morgan fingerprint density at radius 1 is 0.814 bits per heavy atom. The minimum atomic E-state index is -1.52. The van der Waals surface area contributed by atoms with Gasteiger partial charge in [-0.25, -0.2) is 4.39 Å².